The van der Waals surface area contributed by atoms with Gasteiger partial charge in [0.1, 0.15) is 6.04 Å². The molecule has 0 heterocycles. The number of nitrogens with one attached hydrogen (secondary N) is 1. The maximum atomic E-state index is 11.8. The zero-order valence-electron chi connectivity index (χ0n) is 11.4. The molecule has 0 radical (unpaired) electrons. The first-order valence-electron chi connectivity index (χ1n) is 5.97. The molecule has 100 valence electrons. The van der Waals surface area contributed by atoms with Gasteiger partial charge in [-0.25, -0.2) is 4.79 Å². The lowest BCUT2D eigenvalue weighted by molar-refractivity contribution is -0.143. The first kappa shape index (κ1) is 14.7. The van der Waals surface area contributed by atoms with E-state index in [0.717, 1.165) is 16.7 Å². The molecule has 0 aliphatic carbocycles. The molecule has 1 atom stereocenters. The van der Waals surface area contributed by atoms with Crippen molar-refractivity contribution in [3.63, 3.8) is 0 Å². The number of benzene rings is 1. The van der Waals surface area contributed by atoms with Crippen LogP contribution in [0.15, 0.2) is 18.2 Å². The summed E-state index contributed by atoms with van der Waals surface area (Å²) in [4.78, 5) is 11.8. The summed E-state index contributed by atoms with van der Waals surface area (Å²) in [6.45, 7) is 5.18. The Morgan fingerprint density at radius 3 is 2.33 bits per heavy atom. The zero-order valence-corrected chi connectivity index (χ0v) is 11.4. The van der Waals surface area contributed by atoms with Crippen LogP contribution in [0, 0.1) is 13.8 Å². The van der Waals surface area contributed by atoms with Gasteiger partial charge in [0, 0.05) is 13.7 Å². The average molecular weight is 251 g/mol. The van der Waals surface area contributed by atoms with Gasteiger partial charge in [0.05, 0.1) is 13.7 Å². The van der Waals surface area contributed by atoms with Gasteiger partial charge in [-0.3, -0.25) is 5.32 Å². The van der Waals surface area contributed by atoms with E-state index in [-0.39, 0.29) is 5.97 Å². The summed E-state index contributed by atoms with van der Waals surface area (Å²) in [5.74, 6) is -0.281. The highest BCUT2D eigenvalue weighted by molar-refractivity contribution is 5.77. The van der Waals surface area contributed by atoms with Crippen LogP contribution < -0.4 is 5.32 Å². The fourth-order valence-electron chi connectivity index (χ4n) is 1.94. The van der Waals surface area contributed by atoms with Crippen LogP contribution in [0.5, 0.6) is 0 Å². The smallest absolute Gasteiger partial charge is 0.327 e. The topological polar surface area (TPSA) is 47.6 Å². The third kappa shape index (κ3) is 4.13. The third-order valence-corrected chi connectivity index (χ3v) is 2.67. The number of methoxy groups -OCH3 is 2. The van der Waals surface area contributed by atoms with Crippen molar-refractivity contribution in [3.8, 4) is 0 Å². The van der Waals surface area contributed by atoms with Gasteiger partial charge < -0.3 is 9.47 Å². The lowest BCUT2D eigenvalue weighted by Crippen LogP contribution is -2.32. The lowest BCUT2D eigenvalue weighted by Gasteiger charge is -2.17. The van der Waals surface area contributed by atoms with Gasteiger partial charge in [0.15, 0.2) is 0 Å². The van der Waals surface area contributed by atoms with Crippen molar-refractivity contribution in [2.45, 2.75) is 19.9 Å². The highest BCUT2D eigenvalue weighted by Crippen LogP contribution is 2.18. The standard InChI is InChI=1S/C14H21NO3/c1-10-7-11(2)9-12(8-10)13(14(16)18-4)15-5-6-17-3/h7-9,13,15H,5-6H2,1-4H3. The number of ether oxygens (including phenoxy) is 2. The number of esters is 1. The molecule has 0 aromatic heterocycles. The summed E-state index contributed by atoms with van der Waals surface area (Å²) in [5, 5.41) is 3.14. The van der Waals surface area contributed by atoms with Gasteiger partial charge in [0.2, 0.25) is 0 Å². The molecule has 0 saturated heterocycles. The molecule has 4 nitrogen and oxygen atoms in total. The molecule has 1 aromatic carbocycles. The van der Waals surface area contributed by atoms with Crippen molar-refractivity contribution in [2.24, 2.45) is 0 Å². The van der Waals surface area contributed by atoms with Crippen LogP contribution in [0.4, 0.5) is 0 Å². The van der Waals surface area contributed by atoms with E-state index >= 15 is 0 Å². The molecule has 0 amide bonds. The van der Waals surface area contributed by atoms with E-state index in [1.807, 2.05) is 26.0 Å². The molecule has 0 aliphatic heterocycles. The predicted molar refractivity (Wildman–Crippen MR) is 70.6 cm³/mol. The van der Waals surface area contributed by atoms with Crippen molar-refractivity contribution in [1.29, 1.82) is 0 Å². The summed E-state index contributed by atoms with van der Waals surface area (Å²) < 4.78 is 9.81. The Labute approximate surface area is 108 Å². The second-order valence-electron chi connectivity index (χ2n) is 4.32. The molecule has 0 bridgehead atoms. The van der Waals surface area contributed by atoms with Crippen molar-refractivity contribution in [2.75, 3.05) is 27.4 Å². The summed E-state index contributed by atoms with van der Waals surface area (Å²) in [5.41, 5.74) is 3.19. The van der Waals surface area contributed by atoms with Gasteiger partial charge in [-0.1, -0.05) is 29.3 Å². The summed E-state index contributed by atoms with van der Waals surface area (Å²) in [7, 11) is 3.03. The molecule has 0 saturated carbocycles. The second kappa shape index (κ2) is 7.13. The Kier molecular flexibility index (Phi) is 5.82. The first-order chi connectivity index (χ1) is 8.58. The Bertz CT molecular complexity index is 384. The quantitative estimate of drug-likeness (QED) is 0.618. The zero-order chi connectivity index (χ0) is 13.5. The fourth-order valence-corrected chi connectivity index (χ4v) is 1.94. The van der Waals surface area contributed by atoms with Crippen LogP contribution in [-0.4, -0.2) is 33.3 Å². The fraction of sp³-hybridized carbons (Fsp3) is 0.500. The molecular weight excluding hydrogens is 230 g/mol. The van der Waals surface area contributed by atoms with Gasteiger partial charge in [-0.2, -0.15) is 0 Å². The molecule has 1 aromatic rings. The second-order valence-corrected chi connectivity index (χ2v) is 4.32. The number of rotatable bonds is 6. The van der Waals surface area contributed by atoms with Crippen LogP contribution in [-0.2, 0) is 14.3 Å². The minimum absolute atomic E-state index is 0.281. The molecular formula is C14H21NO3. The molecule has 4 heteroatoms. The van der Waals surface area contributed by atoms with Crippen molar-refractivity contribution in [3.05, 3.63) is 34.9 Å². The summed E-state index contributed by atoms with van der Waals surface area (Å²) in [6.07, 6.45) is 0. The molecule has 1 rings (SSSR count). The predicted octanol–water partition coefficient (Wildman–Crippen LogP) is 1.75. The lowest BCUT2D eigenvalue weighted by atomic mass is 10.0. The minimum Gasteiger partial charge on any atom is -0.468 e. The molecule has 18 heavy (non-hydrogen) atoms. The summed E-state index contributed by atoms with van der Waals surface area (Å²) in [6, 6.07) is 5.62. The maximum absolute atomic E-state index is 11.8. The van der Waals surface area contributed by atoms with Crippen molar-refractivity contribution < 1.29 is 14.3 Å². The Hall–Kier alpha value is -1.39. The number of hydrogen-bond acceptors (Lipinski definition) is 4. The largest absolute Gasteiger partial charge is 0.468 e. The van der Waals surface area contributed by atoms with E-state index in [1.165, 1.54) is 7.11 Å². The minimum atomic E-state index is -0.441. The van der Waals surface area contributed by atoms with Gasteiger partial charge in [-0.15, -0.1) is 0 Å². The van der Waals surface area contributed by atoms with Gasteiger partial charge in [0.25, 0.3) is 0 Å². The molecule has 1 unspecified atom stereocenters. The number of aryl methyl sites for hydroxylation is 2. The normalized spacial score (nSPS) is 12.2. The number of carbonyl (C=O) groups is 1. The average Bonchev–Trinajstić information content (AvgIpc) is 2.32. The monoisotopic (exact) mass is 251 g/mol. The van der Waals surface area contributed by atoms with E-state index in [1.54, 1.807) is 7.11 Å². The van der Waals surface area contributed by atoms with Crippen LogP contribution in [0.1, 0.15) is 22.7 Å². The Balaban J connectivity index is 2.90. The SMILES string of the molecule is COCCNC(C(=O)OC)c1cc(C)cc(C)c1. The number of carbonyl (C=O) groups excluding carboxylic acids is 1. The van der Waals surface area contributed by atoms with E-state index in [9.17, 15) is 4.79 Å². The van der Waals surface area contributed by atoms with E-state index < -0.39 is 6.04 Å². The highest BCUT2D eigenvalue weighted by atomic mass is 16.5. The first-order valence-corrected chi connectivity index (χ1v) is 5.97. The van der Waals surface area contributed by atoms with Crippen LogP contribution in [0.25, 0.3) is 0 Å². The van der Waals surface area contributed by atoms with Crippen molar-refractivity contribution in [1.82, 2.24) is 5.32 Å². The van der Waals surface area contributed by atoms with Crippen LogP contribution in [0.3, 0.4) is 0 Å². The van der Waals surface area contributed by atoms with E-state index in [0.29, 0.717) is 13.2 Å². The number of hydrogen-bond donors (Lipinski definition) is 1. The Morgan fingerprint density at radius 1 is 1.22 bits per heavy atom. The molecule has 0 fully saturated rings. The summed E-state index contributed by atoms with van der Waals surface area (Å²) >= 11 is 0. The van der Waals surface area contributed by atoms with Gasteiger partial charge >= 0.3 is 5.97 Å². The van der Waals surface area contributed by atoms with Crippen LogP contribution >= 0.6 is 0 Å². The third-order valence-electron chi connectivity index (χ3n) is 2.67. The van der Waals surface area contributed by atoms with Crippen molar-refractivity contribution >= 4 is 5.97 Å². The van der Waals surface area contributed by atoms with Crippen LogP contribution in [0.2, 0.25) is 0 Å². The highest BCUT2D eigenvalue weighted by Gasteiger charge is 2.20. The maximum Gasteiger partial charge on any atom is 0.327 e. The van der Waals surface area contributed by atoms with E-state index in [2.05, 4.69) is 11.4 Å². The van der Waals surface area contributed by atoms with E-state index in [4.69, 9.17) is 9.47 Å². The molecule has 0 spiro atoms. The molecule has 1 N–H and O–H groups in total. The Morgan fingerprint density at radius 2 is 1.83 bits per heavy atom. The van der Waals surface area contributed by atoms with Gasteiger partial charge in [-0.05, 0) is 19.4 Å². The molecule has 0 aliphatic rings.